The van der Waals surface area contributed by atoms with Crippen LogP contribution >= 0.6 is 11.6 Å². The van der Waals surface area contributed by atoms with Crippen LogP contribution in [0.3, 0.4) is 0 Å². The third kappa shape index (κ3) is 4.44. The Morgan fingerprint density at radius 2 is 2.00 bits per heavy atom. The van der Waals surface area contributed by atoms with Crippen molar-refractivity contribution >= 4 is 29.1 Å². The van der Waals surface area contributed by atoms with Crippen LogP contribution in [0.25, 0.3) is 0 Å². The number of nitrogens with one attached hydrogen (secondary N) is 1. The van der Waals surface area contributed by atoms with Crippen molar-refractivity contribution < 1.29 is 9.53 Å². The quantitative estimate of drug-likeness (QED) is 0.813. The molecule has 0 saturated carbocycles. The Balaban J connectivity index is 1.89. The van der Waals surface area contributed by atoms with Gasteiger partial charge in [-0.1, -0.05) is 17.7 Å². The smallest absolute Gasteiger partial charge is 0.410 e. The van der Waals surface area contributed by atoms with Crippen LogP contribution in [0.5, 0.6) is 0 Å². The number of carbonyl (C=O) groups is 1. The topological polar surface area (TPSA) is 67.6 Å². The first kappa shape index (κ1) is 16.7. The Labute approximate surface area is 136 Å². The second-order valence-electron chi connectivity index (χ2n) is 6.59. The molecule has 0 radical (unpaired) electrons. The first-order chi connectivity index (χ1) is 10.3. The van der Waals surface area contributed by atoms with E-state index in [-0.39, 0.29) is 12.1 Å². The van der Waals surface area contributed by atoms with E-state index < -0.39 is 5.60 Å². The molecule has 1 fully saturated rings. The SMILES string of the molecule is CC(C)(C)OC(=O)N1CCC(Nc2c(N)cccc2Cl)CC1. The van der Waals surface area contributed by atoms with E-state index in [1.165, 1.54) is 0 Å². The second kappa shape index (κ2) is 6.65. The number of para-hydroxylation sites is 1. The molecule has 1 aliphatic heterocycles. The van der Waals surface area contributed by atoms with Gasteiger partial charge in [-0.3, -0.25) is 0 Å². The molecule has 1 aromatic carbocycles. The third-order valence-electron chi connectivity index (χ3n) is 3.54. The predicted molar refractivity (Wildman–Crippen MR) is 90.3 cm³/mol. The number of hydrogen-bond donors (Lipinski definition) is 2. The van der Waals surface area contributed by atoms with Crippen LogP contribution in [0.4, 0.5) is 16.2 Å². The van der Waals surface area contributed by atoms with Gasteiger partial charge in [0.25, 0.3) is 0 Å². The highest BCUT2D eigenvalue weighted by Crippen LogP contribution is 2.30. The molecule has 22 heavy (non-hydrogen) atoms. The van der Waals surface area contributed by atoms with Crippen molar-refractivity contribution in [1.29, 1.82) is 0 Å². The van der Waals surface area contributed by atoms with Gasteiger partial charge in [0, 0.05) is 19.1 Å². The van der Waals surface area contributed by atoms with Crippen molar-refractivity contribution in [1.82, 2.24) is 4.90 Å². The van der Waals surface area contributed by atoms with E-state index >= 15 is 0 Å². The number of hydrogen-bond acceptors (Lipinski definition) is 4. The maximum atomic E-state index is 12.0. The molecule has 1 saturated heterocycles. The van der Waals surface area contributed by atoms with E-state index in [4.69, 9.17) is 22.1 Å². The van der Waals surface area contributed by atoms with Gasteiger partial charge in [0.15, 0.2) is 0 Å². The maximum absolute atomic E-state index is 12.0. The van der Waals surface area contributed by atoms with Crippen molar-refractivity contribution in [3.05, 3.63) is 23.2 Å². The van der Waals surface area contributed by atoms with Gasteiger partial charge in [-0.05, 0) is 45.7 Å². The van der Waals surface area contributed by atoms with Gasteiger partial charge < -0.3 is 20.7 Å². The number of anilines is 2. The minimum atomic E-state index is -0.460. The normalized spacial score (nSPS) is 16.5. The first-order valence-corrected chi connectivity index (χ1v) is 7.92. The van der Waals surface area contributed by atoms with E-state index in [2.05, 4.69) is 5.32 Å². The van der Waals surface area contributed by atoms with E-state index in [9.17, 15) is 4.79 Å². The number of halogens is 1. The fraction of sp³-hybridized carbons (Fsp3) is 0.562. The molecular weight excluding hydrogens is 302 g/mol. The van der Waals surface area contributed by atoms with Crippen molar-refractivity contribution in [3.8, 4) is 0 Å². The first-order valence-electron chi connectivity index (χ1n) is 7.55. The lowest BCUT2D eigenvalue weighted by Gasteiger charge is -2.34. The number of likely N-dealkylation sites (tertiary alicyclic amines) is 1. The van der Waals surface area contributed by atoms with E-state index in [0.717, 1.165) is 18.5 Å². The van der Waals surface area contributed by atoms with Gasteiger partial charge in [0.2, 0.25) is 0 Å². The van der Waals surface area contributed by atoms with Crippen LogP contribution < -0.4 is 11.1 Å². The molecule has 0 aliphatic carbocycles. The van der Waals surface area contributed by atoms with Crippen LogP contribution in [-0.4, -0.2) is 35.7 Å². The zero-order chi connectivity index (χ0) is 16.3. The molecule has 1 heterocycles. The molecule has 0 spiro atoms. The molecule has 0 unspecified atom stereocenters. The molecule has 1 aliphatic rings. The summed E-state index contributed by atoms with van der Waals surface area (Å²) in [6.45, 7) is 6.95. The number of piperidine rings is 1. The summed E-state index contributed by atoms with van der Waals surface area (Å²) in [5.41, 5.74) is 6.91. The second-order valence-corrected chi connectivity index (χ2v) is 7.00. The third-order valence-corrected chi connectivity index (χ3v) is 3.86. The number of rotatable bonds is 2. The Bertz CT molecular complexity index is 514. The molecule has 5 nitrogen and oxygen atoms in total. The molecule has 0 atom stereocenters. The van der Waals surface area contributed by atoms with E-state index in [1.807, 2.05) is 39.0 Å². The number of nitrogens with zero attached hydrogens (tertiary/aromatic N) is 1. The fourth-order valence-electron chi connectivity index (χ4n) is 2.43. The van der Waals surface area contributed by atoms with E-state index in [1.54, 1.807) is 4.90 Å². The summed E-state index contributed by atoms with van der Waals surface area (Å²) < 4.78 is 5.39. The zero-order valence-electron chi connectivity index (χ0n) is 13.4. The lowest BCUT2D eigenvalue weighted by atomic mass is 10.0. The summed E-state index contributed by atoms with van der Waals surface area (Å²) in [5.74, 6) is 0. The largest absolute Gasteiger partial charge is 0.444 e. The molecule has 0 bridgehead atoms. The summed E-state index contributed by atoms with van der Waals surface area (Å²) in [6, 6.07) is 5.72. The Kier molecular flexibility index (Phi) is 5.06. The molecule has 6 heteroatoms. The predicted octanol–water partition coefficient (Wildman–Crippen LogP) is 3.73. The van der Waals surface area contributed by atoms with Crippen molar-refractivity contribution in [2.75, 3.05) is 24.1 Å². The highest BCUT2D eigenvalue weighted by Gasteiger charge is 2.27. The highest BCUT2D eigenvalue weighted by molar-refractivity contribution is 6.33. The highest BCUT2D eigenvalue weighted by atomic mass is 35.5. The van der Waals surface area contributed by atoms with Crippen LogP contribution in [0.2, 0.25) is 5.02 Å². The summed E-state index contributed by atoms with van der Waals surface area (Å²) in [4.78, 5) is 13.8. The average molecular weight is 326 g/mol. The van der Waals surface area contributed by atoms with Crippen molar-refractivity contribution in [2.45, 2.75) is 45.3 Å². The fourth-order valence-corrected chi connectivity index (χ4v) is 2.67. The number of amides is 1. The summed E-state index contributed by atoms with van der Waals surface area (Å²) in [7, 11) is 0. The molecular formula is C16H24ClN3O2. The lowest BCUT2D eigenvalue weighted by Crippen LogP contribution is -2.44. The lowest BCUT2D eigenvalue weighted by molar-refractivity contribution is 0.0210. The standard InChI is InChI=1S/C16H24ClN3O2/c1-16(2,3)22-15(21)20-9-7-11(8-10-20)19-14-12(17)5-4-6-13(14)18/h4-6,11,19H,7-10,18H2,1-3H3. The summed E-state index contributed by atoms with van der Waals surface area (Å²) in [5, 5.41) is 4.01. The van der Waals surface area contributed by atoms with Gasteiger partial charge in [-0.25, -0.2) is 4.79 Å². The minimum Gasteiger partial charge on any atom is -0.444 e. The van der Waals surface area contributed by atoms with Crippen LogP contribution in [0.15, 0.2) is 18.2 Å². The molecule has 1 amide bonds. The van der Waals surface area contributed by atoms with E-state index in [0.29, 0.717) is 23.8 Å². The Morgan fingerprint density at radius 1 is 1.36 bits per heavy atom. The van der Waals surface area contributed by atoms with Crippen LogP contribution in [0.1, 0.15) is 33.6 Å². The Hall–Kier alpha value is -1.62. The molecule has 0 aromatic heterocycles. The summed E-state index contributed by atoms with van der Waals surface area (Å²) in [6.07, 6.45) is 1.43. The molecule has 122 valence electrons. The van der Waals surface area contributed by atoms with Crippen LogP contribution in [-0.2, 0) is 4.74 Å². The number of carbonyl (C=O) groups excluding carboxylic acids is 1. The Morgan fingerprint density at radius 3 is 2.55 bits per heavy atom. The number of nitrogens with two attached hydrogens (primary N) is 1. The molecule has 2 rings (SSSR count). The molecule has 1 aromatic rings. The average Bonchev–Trinajstić information content (AvgIpc) is 2.42. The number of benzene rings is 1. The number of nitrogen functional groups attached to an aromatic ring is 1. The van der Waals surface area contributed by atoms with Crippen molar-refractivity contribution in [2.24, 2.45) is 0 Å². The number of ether oxygens (including phenoxy) is 1. The van der Waals surface area contributed by atoms with Crippen molar-refractivity contribution in [3.63, 3.8) is 0 Å². The molecule has 3 N–H and O–H groups in total. The van der Waals surface area contributed by atoms with Gasteiger partial charge in [-0.2, -0.15) is 0 Å². The van der Waals surface area contributed by atoms with Gasteiger partial charge >= 0.3 is 6.09 Å². The monoisotopic (exact) mass is 325 g/mol. The van der Waals surface area contributed by atoms with Gasteiger partial charge in [-0.15, -0.1) is 0 Å². The van der Waals surface area contributed by atoms with Gasteiger partial charge in [0.1, 0.15) is 5.60 Å². The van der Waals surface area contributed by atoms with Gasteiger partial charge in [0.05, 0.1) is 16.4 Å². The summed E-state index contributed by atoms with van der Waals surface area (Å²) >= 11 is 6.17. The maximum Gasteiger partial charge on any atom is 0.410 e. The zero-order valence-corrected chi connectivity index (χ0v) is 14.1. The minimum absolute atomic E-state index is 0.247. The van der Waals surface area contributed by atoms with Crippen LogP contribution in [0, 0.1) is 0 Å².